The van der Waals surface area contributed by atoms with Crippen LogP contribution in [0.15, 0.2) is 88.8 Å². The molecule has 0 aliphatic carbocycles. The van der Waals surface area contributed by atoms with Gasteiger partial charge in [0.15, 0.2) is 5.17 Å². The van der Waals surface area contributed by atoms with Crippen LogP contribution < -0.4 is 4.90 Å². The third-order valence-electron chi connectivity index (χ3n) is 4.45. The summed E-state index contributed by atoms with van der Waals surface area (Å²) in [6.45, 7) is 0. The summed E-state index contributed by atoms with van der Waals surface area (Å²) in [5.74, 6) is -0.0356. The van der Waals surface area contributed by atoms with Crippen LogP contribution >= 0.6 is 11.8 Å². The highest BCUT2D eigenvalue weighted by Crippen LogP contribution is 2.32. The molecule has 4 nitrogen and oxygen atoms in total. The van der Waals surface area contributed by atoms with Crippen molar-refractivity contribution in [2.24, 2.45) is 4.99 Å². The zero-order valence-corrected chi connectivity index (χ0v) is 16.1. The summed E-state index contributed by atoms with van der Waals surface area (Å²) in [6.07, 6.45) is 1.86. The van der Waals surface area contributed by atoms with Gasteiger partial charge in [0.05, 0.1) is 4.91 Å². The molecule has 3 aromatic carbocycles. The number of phenols is 1. The number of carbonyl (C=O) groups excluding carboxylic acids is 1. The molecule has 0 atom stereocenters. The number of phenolic OH excluding ortho intramolecular Hbond substituents is 1. The Bertz CT molecular complexity index is 1060. The maximum Gasteiger partial charge on any atom is 0.286 e. The number of benzene rings is 3. The minimum Gasteiger partial charge on any atom is -0.508 e. The molecule has 1 aliphatic heterocycles. The van der Waals surface area contributed by atoms with Gasteiger partial charge < -0.3 is 10.0 Å². The van der Waals surface area contributed by atoms with Crippen molar-refractivity contribution < 1.29 is 9.90 Å². The molecule has 0 spiro atoms. The third kappa shape index (κ3) is 3.85. The number of thioether (sulfide) groups is 1. The van der Waals surface area contributed by atoms with Crippen LogP contribution in [0.4, 0.5) is 5.69 Å². The molecule has 1 aliphatic rings. The van der Waals surface area contributed by atoms with Crippen molar-refractivity contribution >= 4 is 34.6 Å². The predicted octanol–water partition coefficient (Wildman–Crippen LogP) is 5.17. The van der Waals surface area contributed by atoms with Gasteiger partial charge in [-0.25, -0.2) is 0 Å². The van der Waals surface area contributed by atoms with Crippen molar-refractivity contribution in [3.8, 4) is 16.9 Å². The highest BCUT2D eigenvalue weighted by Gasteiger charge is 2.25. The lowest BCUT2D eigenvalue weighted by Crippen LogP contribution is -2.21. The highest BCUT2D eigenvalue weighted by molar-refractivity contribution is 8.18. The average molecular weight is 386 g/mol. The topological polar surface area (TPSA) is 52.9 Å². The number of anilines is 1. The second-order valence-electron chi connectivity index (χ2n) is 6.37. The first-order valence-corrected chi connectivity index (χ1v) is 9.62. The summed E-state index contributed by atoms with van der Waals surface area (Å²) in [7, 11) is 1.85. The molecule has 0 saturated carbocycles. The van der Waals surface area contributed by atoms with Crippen LogP contribution in [0.1, 0.15) is 5.56 Å². The van der Waals surface area contributed by atoms with Gasteiger partial charge in [-0.05, 0) is 58.8 Å². The summed E-state index contributed by atoms with van der Waals surface area (Å²) < 4.78 is 0. The van der Waals surface area contributed by atoms with Crippen LogP contribution in [0.5, 0.6) is 5.75 Å². The summed E-state index contributed by atoms with van der Waals surface area (Å²) in [5, 5.41) is 10.0. The maximum atomic E-state index is 12.3. The lowest BCUT2D eigenvalue weighted by molar-refractivity contribution is -0.113. The van der Waals surface area contributed by atoms with Crippen LogP contribution in [-0.4, -0.2) is 23.2 Å². The zero-order valence-electron chi connectivity index (χ0n) is 15.2. The molecule has 0 saturated heterocycles. The predicted molar refractivity (Wildman–Crippen MR) is 116 cm³/mol. The van der Waals surface area contributed by atoms with Crippen molar-refractivity contribution in [1.82, 2.24) is 0 Å². The normalized spacial score (nSPS) is 15.0. The number of carbonyl (C=O) groups is 1. The van der Waals surface area contributed by atoms with E-state index in [-0.39, 0.29) is 11.7 Å². The average Bonchev–Trinajstić information content (AvgIpc) is 3.09. The highest BCUT2D eigenvalue weighted by atomic mass is 32.2. The molecule has 0 fully saturated rings. The van der Waals surface area contributed by atoms with Gasteiger partial charge >= 0.3 is 0 Å². The number of amidine groups is 1. The Kier molecular flexibility index (Phi) is 5.00. The second kappa shape index (κ2) is 7.74. The molecule has 1 heterocycles. The summed E-state index contributed by atoms with van der Waals surface area (Å²) in [4.78, 5) is 18.9. The van der Waals surface area contributed by atoms with E-state index in [9.17, 15) is 9.90 Å². The Morgan fingerprint density at radius 3 is 2.21 bits per heavy atom. The Morgan fingerprint density at radius 2 is 1.54 bits per heavy atom. The van der Waals surface area contributed by atoms with Crippen LogP contribution in [0, 0.1) is 0 Å². The Morgan fingerprint density at radius 1 is 0.893 bits per heavy atom. The Hall–Kier alpha value is -3.31. The van der Waals surface area contributed by atoms with Crippen molar-refractivity contribution in [2.75, 3.05) is 11.9 Å². The lowest BCUT2D eigenvalue weighted by atomic mass is 10.0. The van der Waals surface area contributed by atoms with Gasteiger partial charge in [-0.1, -0.05) is 54.6 Å². The molecule has 1 N–H and O–H groups in total. The van der Waals surface area contributed by atoms with Gasteiger partial charge in [0.1, 0.15) is 5.75 Å². The number of hydrogen-bond acceptors (Lipinski definition) is 4. The van der Waals surface area contributed by atoms with Gasteiger partial charge in [0.2, 0.25) is 0 Å². The first-order chi connectivity index (χ1) is 13.6. The molecule has 0 aromatic heterocycles. The number of amides is 1. The van der Waals surface area contributed by atoms with E-state index in [1.165, 1.54) is 11.8 Å². The van der Waals surface area contributed by atoms with E-state index in [1.54, 1.807) is 24.3 Å². The molecule has 0 unspecified atom stereocenters. The number of aliphatic imine (C=N–C) groups is 1. The monoisotopic (exact) mass is 386 g/mol. The van der Waals surface area contributed by atoms with Gasteiger partial charge in [-0.2, -0.15) is 4.99 Å². The number of rotatable bonds is 3. The Labute approximate surface area is 167 Å². The van der Waals surface area contributed by atoms with E-state index in [0.29, 0.717) is 10.1 Å². The fourth-order valence-corrected chi connectivity index (χ4v) is 3.78. The third-order valence-corrected chi connectivity index (χ3v) is 5.51. The minimum atomic E-state index is -0.238. The molecular formula is C23H18N2O2S. The fraction of sp³-hybridized carbons (Fsp3) is 0.0435. The first-order valence-electron chi connectivity index (χ1n) is 8.81. The summed E-state index contributed by atoms with van der Waals surface area (Å²) >= 11 is 1.35. The quantitative estimate of drug-likeness (QED) is 0.631. The Balaban J connectivity index is 1.50. The second-order valence-corrected chi connectivity index (χ2v) is 7.38. The largest absolute Gasteiger partial charge is 0.508 e. The molecular weight excluding hydrogens is 368 g/mol. The van der Waals surface area contributed by atoms with Crippen LogP contribution in [0.2, 0.25) is 0 Å². The van der Waals surface area contributed by atoms with Crippen molar-refractivity contribution in [1.29, 1.82) is 0 Å². The molecule has 0 bridgehead atoms. The number of nitrogens with zero attached hydrogens (tertiary/aromatic N) is 2. The smallest absolute Gasteiger partial charge is 0.286 e. The minimum absolute atomic E-state index is 0.203. The number of aromatic hydroxyl groups is 1. The summed E-state index contributed by atoms with van der Waals surface area (Å²) in [5.41, 5.74) is 4.11. The molecule has 4 rings (SSSR count). The first kappa shape index (κ1) is 18.1. The molecule has 0 radical (unpaired) electrons. The van der Waals surface area contributed by atoms with E-state index in [2.05, 4.69) is 29.3 Å². The lowest BCUT2D eigenvalue weighted by Gasteiger charge is -2.17. The SMILES string of the molecule is CN(C1=NC(=O)C(=Cc2ccc(-c3ccccc3)cc2)S1)c1ccc(O)cc1. The van der Waals surface area contributed by atoms with E-state index in [4.69, 9.17) is 0 Å². The van der Waals surface area contributed by atoms with Gasteiger partial charge in [-0.15, -0.1) is 0 Å². The van der Waals surface area contributed by atoms with Crippen molar-refractivity contribution in [3.63, 3.8) is 0 Å². The maximum absolute atomic E-state index is 12.3. The molecule has 1 amide bonds. The number of hydrogen-bond donors (Lipinski definition) is 1. The van der Waals surface area contributed by atoms with Gasteiger partial charge in [0, 0.05) is 12.7 Å². The van der Waals surface area contributed by atoms with Gasteiger partial charge in [0.25, 0.3) is 5.91 Å². The molecule has 5 heteroatoms. The van der Waals surface area contributed by atoms with E-state index in [0.717, 1.165) is 22.4 Å². The van der Waals surface area contributed by atoms with E-state index in [1.807, 2.05) is 48.4 Å². The molecule has 138 valence electrons. The van der Waals surface area contributed by atoms with Crippen LogP contribution in [0.25, 0.3) is 17.2 Å². The van der Waals surface area contributed by atoms with E-state index < -0.39 is 0 Å². The summed E-state index contributed by atoms with van der Waals surface area (Å²) in [6, 6.07) is 25.1. The van der Waals surface area contributed by atoms with Crippen LogP contribution in [0.3, 0.4) is 0 Å². The zero-order chi connectivity index (χ0) is 19.5. The van der Waals surface area contributed by atoms with Crippen molar-refractivity contribution in [2.45, 2.75) is 0 Å². The fourth-order valence-electron chi connectivity index (χ4n) is 2.88. The van der Waals surface area contributed by atoms with Crippen molar-refractivity contribution in [3.05, 3.63) is 89.3 Å². The van der Waals surface area contributed by atoms with Gasteiger partial charge in [-0.3, -0.25) is 4.79 Å². The van der Waals surface area contributed by atoms with Crippen LogP contribution in [-0.2, 0) is 4.79 Å². The van der Waals surface area contributed by atoms with E-state index >= 15 is 0 Å². The molecule has 3 aromatic rings. The standard InChI is InChI=1S/C23H18N2O2S/c1-25(19-11-13-20(26)14-12-19)23-24-22(27)21(28-23)15-16-7-9-18(10-8-16)17-5-3-2-4-6-17/h2-15,26H,1H3. The molecule has 28 heavy (non-hydrogen) atoms.